The van der Waals surface area contributed by atoms with Crippen molar-refractivity contribution in [2.75, 3.05) is 12.3 Å². The Labute approximate surface area is 121 Å². The molecule has 1 saturated carbocycles. The van der Waals surface area contributed by atoms with Gasteiger partial charge in [-0.2, -0.15) is 0 Å². The molecule has 0 aromatic heterocycles. The first kappa shape index (κ1) is 15.3. The van der Waals surface area contributed by atoms with Crippen molar-refractivity contribution in [2.24, 2.45) is 5.41 Å². The molecule has 0 spiro atoms. The van der Waals surface area contributed by atoms with Crippen molar-refractivity contribution in [1.29, 1.82) is 0 Å². The minimum absolute atomic E-state index is 0.152. The average molecular weight is 296 g/mol. The molecule has 1 aromatic rings. The standard InChI is InChI=1S/C15H24N2O2S/c1-4-15(8-5-9-15)10-17-20(18,19)14-12(3)7-6-11(2)13(14)16/h6-7,17H,4-5,8-10,16H2,1-3H3. The molecule has 5 heteroatoms. The van der Waals surface area contributed by atoms with E-state index in [2.05, 4.69) is 11.6 Å². The smallest absolute Gasteiger partial charge is 0.242 e. The average Bonchev–Trinajstić information content (AvgIpc) is 2.33. The molecular weight excluding hydrogens is 272 g/mol. The molecule has 0 saturated heterocycles. The molecule has 112 valence electrons. The second-order valence-electron chi connectivity index (χ2n) is 5.97. The molecule has 1 aliphatic rings. The van der Waals surface area contributed by atoms with E-state index in [1.54, 1.807) is 13.0 Å². The molecule has 0 atom stereocenters. The topological polar surface area (TPSA) is 72.2 Å². The Bertz CT molecular complexity index is 599. The fraction of sp³-hybridized carbons (Fsp3) is 0.600. The van der Waals surface area contributed by atoms with Gasteiger partial charge in [-0.3, -0.25) is 0 Å². The van der Waals surface area contributed by atoms with Gasteiger partial charge in [0.15, 0.2) is 0 Å². The van der Waals surface area contributed by atoms with Gasteiger partial charge in [0.2, 0.25) is 10.0 Å². The number of benzene rings is 1. The molecule has 0 heterocycles. The van der Waals surface area contributed by atoms with Gasteiger partial charge >= 0.3 is 0 Å². The van der Waals surface area contributed by atoms with Crippen molar-refractivity contribution in [2.45, 2.75) is 51.3 Å². The lowest BCUT2D eigenvalue weighted by molar-refractivity contribution is 0.133. The number of nitrogens with one attached hydrogen (secondary N) is 1. The summed E-state index contributed by atoms with van der Waals surface area (Å²) in [5.41, 5.74) is 7.97. The summed E-state index contributed by atoms with van der Waals surface area (Å²) >= 11 is 0. The van der Waals surface area contributed by atoms with Crippen LogP contribution in [0.5, 0.6) is 0 Å². The van der Waals surface area contributed by atoms with Gasteiger partial charge in [0.05, 0.1) is 5.69 Å². The third-order valence-corrected chi connectivity index (χ3v) is 6.28. The van der Waals surface area contributed by atoms with E-state index >= 15 is 0 Å². The van der Waals surface area contributed by atoms with Crippen molar-refractivity contribution in [1.82, 2.24) is 4.72 Å². The van der Waals surface area contributed by atoms with Crippen LogP contribution in [0.3, 0.4) is 0 Å². The van der Waals surface area contributed by atoms with E-state index in [1.807, 2.05) is 13.0 Å². The predicted octanol–water partition coefficient (Wildman–Crippen LogP) is 2.74. The molecule has 4 nitrogen and oxygen atoms in total. The lowest BCUT2D eigenvalue weighted by Gasteiger charge is -2.41. The Morgan fingerprint density at radius 3 is 2.35 bits per heavy atom. The molecule has 0 bridgehead atoms. The van der Waals surface area contributed by atoms with E-state index in [0.717, 1.165) is 24.8 Å². The molecule has 0 aliphatic heterocycles. The lowest BCUT2D eigenvalue weighted by atomic mass is 9.67. The number of hydrogen-bond acceptors (Lipinski definition) is 3. The fourth-order valence-corrected chi connectivity index (χ4v) is 4.40. The van der Waals surface area contributed by atoms with Crippen molar-refractivity contribution in [3.05, 3.63) is 23.3 Å². The molecule has 1 aliphatic carbocycles. The lowest BCUT2D eigenvalue weighted by Crippen LogP contribution is -2.41. The molecule has 0 amide bonds. The number of rotatable bonds is 5. The number of sulfonamides is 1. The predicted molar refractivity (Wildman–Crippen MR) is 82.1 cm³/mol. The minimum Gasteiger partial charge on any atom is -0.397 e. The van der Waals surface area contributed by atoms with E-state index in [4.69, 9.17) is 5.73 Å². The summed E-state index contributed by atoms with van der Waals surface area (Å²) < 4.78 is 27.8. The Morgan fingerprint density at radius 1 is 1.25 bits per heavy atom. The molecule has 20 heavy (non-hydrogen) atoms. The zero-order chi connectivity index (χ0) is 15.0. The van der Waals surface area contributed by atoms with Crippen LogP contribution in [0.1, 0.15) is 43.7 Å². The van der Waals surface area contributed by atoms with Gasteiger partial charge in [-0.1, -0.05) is 25.5 Å². The Kier molecular flexibility index (Phi) is 4.12. The monoisotopic (exact) mass is 296 g/mol. The first-order chi connectivity index (χ1) is 9.31. The molecular formula is C15H24N2O2S. The highest BCUT2D eigenvalue weighted by Crippen LogP contribution is 2.43. The molecule has 2 rings (SSSR count). The van der Waals surface area contributed by atoms with Crippen LogP contribution in [0.2, 0.25) is 0 Å². The quantitative estimate of drug-likeness (QED) is 0.821. The SMILES string of the molecule is CCC1(CNS(=O)(=O)c2c(C)ccc(C)c2N)CCC1. The van der Waals surface area contributed by atoms with Crippen LogP contribution >= 0.6 is 0 Å². The third kappa shape index (κ3) is 2.69. The van der Waals surface area contributed by atoms with E-state index in [1.165, 1.54) is 6.42 Å². The zero-order valence-electron chi connectivity index (χ0n) is 12.5. The first-order valence-electron chi connectivity index (χ1n) is 7.17. The summed E-state index contributed by atoms with van der Waals surface area (Å²) in [5.74, 6) is 0. The van der Waals surface area contributed by atoms with E-state index < -0.39 is 10.0 Å². The second-order valence-corrected chi connectivity index (χ2v) is 7.68. The molecule has 0 radical (unpaired) electrons. The molecule has 1 aromatic carbocycles. The summed E-state index contributed by atoms with van der Waals surface area (Å²) in [7, 11) is -3.54. The van der Waals surface area contributed by atoms with Crippen molar-refractivity contribution in [3.63, 3.8) is 0 Å². The fourth-order valence-electron chi connectivity index (χ4n) is 2.82. The van der Waals surface area contributed by atoms with Crippen LogP contribution in [0.4, 0.5) is 5.69 Å². The van der Waals surface area contributed by atoms with Gasteiger partial charge in [0, 0.05) is 6.54 Å². The van der Waals surface area contributed by atoms with Gasteiger partial charge < -0.3 is 5.73 Å². The van der Waals surface area contributed by atoms with Crippen molar-refractivity contribution in [3.8, 4) is 0 Å². The van der Waals surface area contributed by atoms with Crippen LogP contribution in [0.25, 0.3) is 0 Å². The van der Waals surface area contributed by atoms with Gasteiger partial charge in [0.25, 0.3) is 0 Å². The van der Waals surface area contributed by atoms with Crippen LogP contribution in [-0.4, -0.2) is 15.0 Å². The summed E-state index contributed by atoms with van der Waals surface area (Å²) in [6.45, 7) is 6.24. The first-order valence-corrected chi connectivity index (χ1v) is 8.65. The maximum Gasteiger partial charge on any atom is 0.242 e. The zero-order valence-corrected chi connectivity index (χ0v) is 13.3. The Balaban J connectivity index is 2.25. The third-order valence-electron chi connectivity index (χ3n) is 4.68. The van der Waals surface area contributed by atoms with Crippen LogP contribution in [0.15, 0.2) is 17.0 Å². The Hall–Kier alpha value is -1.07. The van der Waals surface area contributed by atoms with Gasteiger partial charge in [0.1, 0.15) is 4.90 Å². The maximum absolute atomic E-state index is 12.5. The minimum atomic E-state index is -3.54. The molecule has 0 unspecified atom stereocenters. The second kappa shape index (κ2) is 5.37. The maximum atomic E-state index is 12.5. The van der Waals surface area contributed by atoms with Gasteiger partial charge in [-0.15, -0.1) is 0 Å². The largest absolute Gasteiger partial charge is 0.397 e. The van der Waals surface area contributed by atoms with Crippen molar-refractivity contribution < 1.29 is 8.42 Å². The van der Waals surface area contributed by atoms with Crippen molar-refractivity contribution >= 4 is 15.7 Å². The van der Waals surface area contributed by atoms with Crippen LogP contribution in [0, 0.1) is 19.3 Å². The number of nitrogens with two attached hydrogens (primary N) is 1. The summed E-state index contributed by atoms with van der Waals surface area (Å²) in [4.78, 5) is 0.239. The summed E-state index contributed by atoms with van der Waals surface area (Å²) in [5, 5.41) is 0. The summed E-state index contributed by atoms with van der Waals surface area (Å²) in [6, 6.07) is 3.66. The van der Waals surface area contributed by atoms with Crippen LogP contribution in [-0.2, 0) is 10.0 Å². The highest BCUT2D eigenvalue weighted by atomic mass is 32.2. The van der Waals surface area contributed by atoms with E-state index in [0.29, 0.717) is 17.8 Å². The number of nitrogen functional groups attached to an aromatic ring is 1. The van der Waals surface area contributed by atoms with Gasteiger partial charge in [-0.05, 0) is 49.7 Å². The highest BCUT2D eigenvalue weighted by Gasteiger charge is 2.36. The number of hydrogen-bond donors (Lipinski definition) is 2. The summed E-state index contributed by atoms with van der Waals surface area (Å²) in [6.07, 6.45) is 4.42. The van der Waals surface area contributed by atoms with Gasteiger partial charge in [-0.25, -0.2) is 13.1 Å². The Morgan fingerprint density at radius 2 is 1.85 bits per heavy atom. The number of anilines is 1. The number of aryl methyl sites for hydroxylation is 2. The normalized spacial score (nSPS) is 17.8. The molecule has 3 N–H and O–H groups in total. The van der Waals surface area contributed by atoms with E-state index in [9.17, 15) is 8.42 Å². The van der Waals surface area contributed by atoms with Crippen LogP contribution < -0.4 is 10.5 Å². The molecule has 1 fully saturated rings. The van der Waals surface area contributed by atoms with E-state index in [-0.39, 0.29) is 10.3 Å². The highest BCUT2D eigenvalue weighted by molar-refractivity contribution is 7.89.